The van der Waals surface area contributed by atoms with Crippen molar-refractivity contribution < 1.29 is 14.4 Å². The summed E-state index contributed by atoms with van der Waals surface area (Å²) in [6.45, 7) is 3.51. The van der Waals surface area contributed by atoms with Gasteiger partial charge in [-0.25, -0.2) is 0 Å². The quantitative estimate of drug-likeness (QED) is 0.714. The van der Waals surface area contributed by atoms with Crippen LogP contribution < -0.4 is 11.1 Å². The third-order valence-electron chi connectivity index (χ3n) is 6.19. The Morgan fingerprint density at radius 2 is 1.70 bits per heavy atom. The lowest BCUT2D eigenvalue weighted by molar-refractivity contribution is -0.149. The Balaban J connectivity index is 1.77. The van der Waals surface area contributed by atoms with E-state index in [1.807, 2.05) is 19.1 Å². The van der Waals surface area contributed by atoms with Crippen LogP contribution in [0.25, 0.3) is 0 Å². The van der Waals surface area contributed by atoms with Crippen LogP contribution >= 0.6 is 0 Å². The first-order valence-electron chi connectivity index (χ1n) is 11.2. The monoisotopic (exact) mass is 414 g/mol. The van der Waals surface area contributed by atoms with E-state index in [4.69, 9.17) is 5.73 Å². The van der Waals surface area contributed by atoms with E-state index in [0.717, 1.165) is 12.0 Å². The zero-order valence-corrected chi connectivity index (χ0v) is 17.9. The van der Waals surface area contributed by atoms with Crippen LogP contribution in [0.2, 0.25) is 0 Å². The Morgan fingerprint density at radius 1 is 1.03 bits per heavy atom. The number of nitrogens with two attached hydrogens (primary N) is 1. The Hall–Kier alpha value is -2.41. The molecule has 1 aromatic rings. The molecule has 1 atom stereocenters. The number of hydrogen-bond acceptors (Lipinski definition) is 4. The van der Waals surface area contributed by atoms with Crippen LogP contribution in [0.5, 0.6) is 0 Å². The molecule has 0 radical (unpaired) electrons. The molecule has 7 nitrogen and oxygen atoms in total. The topological polar surface area (TPSA) is 95.7 Å². The fourth-order valence-corrected chi connectivity index (χ4v) is 4.50. The van der Waals surface area contributed by atoms with Crippen LogP contribution in [0, 0.1) is 12.8 Å². The maximum atomic E-state index is 13.2. The predicted molar refractivity (Wildman–Crippen MR) is 116 cm³/mol. The number of nitrogens with one attached hydrogen (secondary N) is 1. The fraction of sp³-hybridized carbons (Fsp3) is 0.609. The average Bonchev–Trinajstić information content (AvgIpc) is 3.29. The summed E-state index contributed by atoms with van der Waals surface area (Å²) >= 11 is 0. The number of carbonyl (C=O) groups excluding carboxylic acids is 3. The second-order valence-electron chi connectivity index (χ2n) is 8.45. The number of benzene rings is 1. The molecule has 164 valence electrons. The first-order valence-corrected chi connectivity index (χ1v) is 11.2. The molecule has 1 saturated carbocycles. The molecule has 7 heteroatoms. The van der Waals surface area contributed by atoms with E-state index in [1.165, 1.54) is 30.6 Å². The summed E-state index contributed by atoms with van der Waals surface area (Å²) in [5.74, 6) is -0.00391. The Kier molecular flexibility index (Phi) is 7.85. The molecule has 0 aromatic heterocycles. The molecule has 0 bridgehead atoms. The first-order chi connectivity index (χ1) is 14.5. The third-order valence-corrected chi connectivity index (χ3v) is 6.19. The van der Waals surface area contributed by atoms with E-state index in [-0.39, 0.29) is 17.7 Å². The number of carbonyl (C=O) groups is 3. The van der Waals surface area contributed by atoms with Crippen molar-refractivity contribution in [3.05, 3.63) is 35.4 Å². The van der Waals surface area contributed by atoms with Crippen molar-refractivity contribution in [2.24, 2.45) is 11.7 Å². The highest BCUT2D eigenvalue weighted by Crippen LogP contribution is 2.29. The summed E-state index contributed by atoms with van der Waals surface area (Å²) in [6.07, 6.45) is 5.88. The summed E-state index contributed by atoms with van der Waals surface area (Å²) in [5.41, 5.74) is 7.13. The van der Waals surface area contributed by atoms with Gasteiger partial charge < -0.3 is 20.9 Å². The maximum absolute atomic E-state index is 13.2. The third kappa shape index (κ3) is 5.39. The largest absolute Gasteiger partial charge is 0.351 e. The normalized spacial score (nSPS) is 19.7. The molecule has 2 fully saturated rings. The van der Waals surface area contributed by atoms with E-state index in [9.17, 15) is 14.4 Å². The summed E-state index contributed by atoms with van der Waals surface area (Å²) < 4.78 is 0. The van der Waals surface area contributed by atoms with Crippen molar-refractivity contribution >= 4 is 17.7 Å². The van der Waals surface area contributed by atoms with Gasteiger partial charge in [0.15, 0.2) is 6.17 Å². The minimum Gasteiger partial charge on any atom is -0.351 e. The van der Waals surface area contributed by atoms with Crippen LogP contribution in [-0.4, -0.2) is 59.9 Å². The SMILES string of the molecule is Cc1ccc(C(=O)N2CCCN(C(=O)CCC3CCCC3)C2C(=O)NCCN)cc1. The van der Waals surface area contributed by atoms with E-state index >= 15 is 0 Å². The van der Waals surface area contributed by atoms with Gasteiger partial charge in [0.2, 0.25) is 5.91 Å². The van der Waals surface area contributed by atoms with E-state index in [2.05, 4.69) is 5.32 Å². The predicted octanol–water partition coefficient (Wildman–Crippen LogP) is 2.04. The Bertz CT molecular complexity index is 743. The molecule has 1 aromatic carbocycles. The molecule has 0 spiro atoms. The van der Waals surface area contributed by atoms with Gasteiger partial charge in [0.25, 0.3) is 11.8 Å². The van der Waals surface area contributed by atoms with Crippen molar-refractivity contribution in [1.82, 2.24) is 15.1 Å². The minimum absolute atomic E-state index is 0.0452. The van der Waals surface area contributed by atoms with Crippen molar-refractivity contribution in [3.63, 3.8) is 0 Å². The minimum atomic E-state index is -0.921. The number of amides is 3. The maximum Gasteiger partial charge on any atom is 0.263 e. The van der Waals surface area contributed by atoms with Gasteiger partial charge in [-0.3, -0.25) is 14.4 Å². The molecular weight excluding hydrogens is 380 g/mol. The Labute approximate surface area is 179 Å². The Morgan fingerprint density at radius 3 is 2.37 bits per heavy atom. The molecule has 2 aliphatic rings. The summed E-state index contributed by atoms with van der Waals surface area (Å²) in [5, 5.41) is 2.78. The summed E-state index contributed by atoms with van der Waals surface area (Å²) in [7, 11) is 0. The molecule has 3 amide bonds. The van der Waals surface area contributed by atoms with Crippen molar-refractivity contribution in [1.29, 1.82) is 0 Å². The molecule has 30 heavy (non-hydrogen) atoms. The molecule has 3 N–H and O–H groups in total. The summed E-state index contributed by atoms with van der Waals surface area (Å²) in [6, 6.07) is 7.30. The number of hydrogen-bond donors (Lipinski definition) is 2. The van der Waals surface area contributed by atoms with Gasteiger partial charge in [-0.1, -0.05) is 43.4 Å². The highest BCUT2D eigenvalue weighted by atomic mass is 16.2. The lowest BCUT2D eigenvalue weighted by atomic mass is 10.0. The van der Waals surface area contributed by atoms with Crippen molar-refractivity contribution in [3.8, 4) is 0 Å². The van der Waals surface area contributed by atoms with Crippen molar-refractivity contribution in [2.45, 2.75) is 58.0 Å². The van der Waals surface area contributed by atoms with Gasteiger partial charge in [0.1, 0.15) is 0 Å². The highest BCUT2D eigenvalue weighted by molar-refractivity contribution is 5.98. The molecule has 1 unspecified atom stereocenters. The van der Waals surface area contributed by atoms with Crippen LogP contribution in [-0.2, 0) is 9.59 Å². The smallest absolute Gasteiger partial charge is 0.263 e. The summed E-state index contributed by atoms with van der Waals surface area (Å²) in [4.78, 5) is 42.4. The average molecular weight is 415 g/mol. The van der Waals surface area contributed by atoms with Gasteiger partial charge in [0.05, 0.1) is 0 Å². The van der Waals surface area contributed by atoms with Gasteiger partial charge in [-0.15, -0.1) is 0 Å². The number of nitrogens with zero attached hydrogens (tertiary/aromatic N) is 2. The van der Waals surface area contributed by atoms with Gasteiger partial charge in [-0.05, 0) is 37.8 Å². The molecule has 3 rings (SSSR count). The van der Waals surface area contributed by atoms with Gasteiger partial charge in [0, 0.05) is 38.2 Å². The molecule has 1 saturated heterocycles. The molecular formula is C23H34N4O3. The lowest BCUT2D eigenvalue weighted by Gasteiger charge is -2.43. The van der Waals surface area contributed by atoms with E-state index < -0.39 is 6.17 Å². The van der Waals surface area contributed by atoms with Crippen LogP contribution in [0.3, 0.4) is 0 Å². The standard InChI is InChI=1S/C23H34N4O3/c1-17-7-10-19(11-8-17)23(30)27-16-4-15-26(22(27)21(29)25-14-13-24)20(28)12-9-18-5-2-3-6-18/h7-8,10-11,18,22H,2-6,9,12-16,24H2,1H3,(H,25,29). The number of rotatable bonds is 7. The molecule has 1 aliphatic heterocycles. The molecule has 1 aliphatic carbocycles. The lowest BCUT2D eigenvalue weighted by Crippen LogP contribution is -2.63. The van der Waals surface area contributed by atoms with Gasteiger partial charge in [-0.2, -0.15) is 0 Å². The first kappa shape index (κ1) is 22.3. The van der Waals surface area contributed by atoms with E-state index in [0.29, 0.717) is 50.5 Å². The number of aryl methyl sites for hydroxylation is 1. The van der Waals surface area contributed by atoms with Gasteiger partial charge >= 0.3 is 0 Å². The van der Waals surface area contributed by atoms with Crippen LogP contribution in [0.4, 0.5) is 0 Å². The van der Waals surface area contributed by atoms with Crippen LogP contribution in [0.1, 0.15) is 60.9 Å². The highest BCUT2D eigenvalue weighted by Gasteiger charge is 2.40. The van der Waals surface area contributed by atoms with Crippen molar-refractivity contribution in [2.75, 3.05) is 26.2 Å². The van der Waals surface area contributed by atoms with Crippen LogP contribution in [0.15, 0.2) is 24.3 Å². The molecule has 1 heterocycles. The zero-order valence-electron chi connectivity index (χ0n) is 17.9. The second kappa shape index (κ2) is 10.6. The zero-order chi connectivity index (χ0) is 21.5. The van der Waals surface area contributed by atoms with E-state index in [1.54, 1.807) is 17.0 Å². The fourth-order valence-electron chi connectivity index (χ4n) is 4.50. The second-order valence-corrected chi connectivity index (χ2v) is 8.45.